The normalized spacial score (nSPS) is 20.3. The summed E-state index contributed by atoms with van der Waals surface area (Å²) in [6.07, 6.45) is 3.85. The first-order valence-corrected chi connectivity index (χ1v) is 7.24. The van der Waals surface area contributed by atoms with E-state index in [4.69, 9.17) is 9.47 Å². The van der Waals surface area contributed by atoms with E-state index in [0.29, 0.717) is 23.9 Å². The van der Waals surface area contributed by atoms with Gasteiger partial charge in [0.15, 0.2) is 11.5 Å². The molecule has 0 aliphatic carbocycles. The van der Waals surface area contributed by atoms with Crippen molar-refractivity contribution in [1.82, 2.24) is 20.8 Å². The molecule has 0 radical (unpaired) electrons. The highest BCUT2D eigenvalue weighted by Crippen LogP contribution is 2.32. The lowest BCUT2D eigenvalue weighted by Crippen LogP contribution is -2.39. The molecule has 0 spiro atoms. The van der Waals surface area contributed by atoms with Crippen molar-refractivity contribution in [3.05, 3.63) is 36.2 Å². The number of hydrogen-bond acceptors (Lipinski definition) is 6. The van der Waals surface area contributed by atoms with E-state index in [1.54, 1.807) is 26.6 Å². The summed E-state index contributed by atoms with van der Waals surface area (Å²) in [5.41, 5.74) is 7.16. The molecule has 1 fully saturated rings. The first-order valence-electron chi connectivity index (χ1n) is 7.24. The fraction of sp³-hybridized carbons (Fsp3) is 0.333. The van der Waals surface area contributed by atoms with E-state index in [1.165, 1.54) is 0 Å². The molecule has 1 saturated heterocycles. The zero-order chi connectivity index (χ0) is 16.2. The van der Waals surface area contributed by atoms with Crippen molar-refractivity contribution in [3.8, 4) is 11.5 Å². The van der Waals surface area contributed by atoms with Crippen molar-refractivity contribution in [2.45, 2.75) is 18.5 Å². The Bertz CT molecular complexity index is 674. The lowest BCUT2D eigenvalue weighted by atomic mass is 10.0. The number of carbonyl (C=O) groups excluding carboxylic acids is 1. The highest BCUT2D eigenvalue weighted by atomic mass is 16.5. The maximum Gasteiger partial charge on any atom is 0.245 e. The van der Waals surface area contributed by atoms with Crippen LogP contribution < -0.4 is 25.6 Å². The van der Waals surface area contributed by atoms with Gasteiger partial charge in [-0.25, -0.2) is 15.8 Å². The number of hydrazine groups is 1. The van der Waals surface area contributed by atoms with Gasteiger partial charge in [0.2, 0.25) is 11.9 Å². The molecule has 1 aliphatic rings. The van der Waals surface area contributed by atoms with E-state index in [0.717, 1.165) is 5.56 Å². The Morgan fingerprint density at radius 1 is 1.26 bits per heavy atom. The zero-order valence-electron chi connectivity index (χ0n) is 12.9. The van der Waals surface area contributed by atoms with Gasteiger partial charge in [-0.15, -0.1) is 0 Å². The smallest absolute Gasteiger partial charge is 0.245 e. The summed E-state index contributed by atoms with van der Waals surface area (Å²) >= 11 is 0. The molecule has 2 atom stereocenters. The Morgan fingerprint density at radius 2 is 2.09 bits per heavy atom. The Balaban J connectivity index is 1.66. The zero-order valence-corrected chi connectivity index (χ0v) is 12.9. The van der Waals surface area contributed by atoms with Crippen LogP contribution in [0.3, 0.4) is 0 Å². The average Bonchev–Trinajstić information content (AvgIpc) is 3.25. The van der Waals surface area contributed by atoms with E-state index in [1.807, 2.05) is 18.2 Å². The molecule has 1 aromatic carbocycles. The highest BCUT2D eigenvalue weighted by Gasteiger charge is 2.30. The van der Waals surface area contributed by atoms with Gasteiger partial charge in [0, 0.05) is 18.4 Å². The molecule has 2 unspecified atom stereocenters. The summed E-state index contributed by atoms with van der Waals surface area (Å²) in [5, 5.41) is 2.72. The van der Waals surface area contributed by atoms with Crippen molar-refractivity contribution < 1.29 is 14.3 Å². The fourth-order valence-corrected chi connectivity index (χ4v) is 2.55. The van der Waals surface area contributed by atoms with Gasteiger partial charge in [-0.05, 0) is 24.1 Å². The van der Waals surface area contributed by atoms with Gasteiger partial charge in [-0.3, -0.25) is 10.1 Å². The van der Waals surface area contributed by atoms with Crippen LogP contribution in [0.5, 0.6) is 11.5 Å². The fourth-order valence-electron chi connectivity index (χ4n) is 2.55. The van der Waals surface area contributed by atoms with Crippen molar-refractivity contribution in [2.75, 3.05) is 19.5 Å². The number of aromatic nitrogens is 2. The number of amides is 1. The van der Waals surface area contributed by atoms with Crippen molar-refractivity contribution in [2.24, 2.45) is 0 Å². The van der Waals surface area contributed by atoms with Crippen LogP contribution in [0.2, 0.25) is 0 Å². The summed E-state index contributed by atoms with van der Waals surface area (Å²) in [7, 11) is 3.20. The van der Waals surface area contributed by atoms with Crippen LogP contribution in [0, 0.1) is 0 Å². The SMILES string of the molecule is COc1ccc(C2CC(C(=O)Nc3ncc[nH]3)NN2)cc1OC. The van der Waals surface area contributed by atoms with Crippen molar-refractivity contribution >= 4 is 11.9 Å². The maximum atomic E-state index is 12.2. The minimum absolute atomic E-state index is 0.00200. The summed E-state index contributed by atoms with van der Waals surface area (Å²) < 4.78 is 10.6. The van der Waals surface area contributed by atoms with Crippen molar-refractivity contribution in [1.29, 1.82) is 0 Å². The van der Waals surface area contributed by atoms with Crippen molar-refractivity contribution in [3.63, 3.8) is 0 Å². The molecule has 4 N–H and O–H groups in total. The van der Waals surface area contributed by atoms with Gasteiger partial charge in [0.25, 0.3) is 0 Å². The molecule has 8 heteroatoms. The van der Waals surface area contributed by atoms with Crippen LogP contribution in [-0.4, -0.2) is 36.1 Å². The topological polar surface area (TPSA) is 100 Å². The highest BCUT2D eigenvalue weighted by molar-refractivity contribution is 5.93. The monoisotopic (exact) mass is 317 g/mol. The molecule has 2 aromatic rings. The predicted octanol–water partition coefficient (Wildman–Crippen LogP) is 0.973. The number of nitrogens with zero attached hydrogens (tertiary/aromatic N) is 1. The molecule has 8 nitrogen and oxygen atoms in total. The molecule has 3 rings (SSSR count). The number of methoxy groups -OCH3 is 2. The number of aromatic amines is 1. The van der Waals surface area contributed by atoms with Gasteiger partial charge in [0.05, 0.1) is 14.2 Å². The average molecular weight is 317 g/mol. The molecule has 122 valence electrons. The van der Waals surface area contributed by atoms with E-state index in [9.17, 15) is 4.79 Å². The second-order valence-corrected chi connectivity index (χ2v) is 5.17. The van der Waals surface area contributed by atoms with E-state index in [2.05, 4.69) is 26.1 Å². The van der Waals surface area contributed by atoms with Crippen LogP contribution in [0.1, 0.15) is 18.0 Å². The third-order valence-electron chi connectivity index (χ3n) is 3.77. The number of hydrogen-bond donors (Lipinski definition) is 4. The largest absolute Gasteiger partial charge is 0.493 e. The standard InChI is InChI=1S/C15H19N5O3/c1-22-12-4-3-9(7-13(12)23-2)10-8-11(20-19-10)14(21)18-15-16-5-6-17-15/h3-7,10-11,19-20H,8H2,1-2H3,(H2,16,17,18,21). The van der Waals surface area contributed by atoms with Gasteiger partial charge in [0.1, 0.15) is 6.04 Å². The van der Waals surface area contributed by atoms with Gasteiger partial charge < -0.3 is 14.5 Å². The van der Waals surface area contributed by atoms with Crippen LogP contribution in [0.25, 0.3) is 0 Å². The second-order valence-electron chi connectivity index (χ2n) is 5.17. The maximum absolute atomic E-state index is 12.2. The van der Waals surface area contributed by atoms with Crippen LogP contribution in [-0.2, 0) is 4.79 Å². The lowest BCUT2D eigenvalue weighted by Gasteiger charge is -2.13. The molecule has 23 heavy (non-hydrogen) atoms. The van der Waals surface area contributed by atoms with Crippen LogP contribution >= 0.6 is 0 Å². The minimum atomic E-state index is -0.349. The molecule has 2 heterocycles. The molecule has 1 aromatic heterocycles. The number of rotatable bonds is 5. The van der Waals surface area contributed by atoms with Crippen LogP contribution in [0.4, 0.5) is 5.95 Å². The number of imidazole rings is 1. The Hall–Kier alpha value is -2.58. The van der Waals surface area contributed by atoms with E-state index in [-0.39, 0.29) is 18.0 Å². The Kier molecular flexibility index (Phi) is 4.45. The summed E-state index contributed by atoms with van der Waals surface area (Å²) in [6.45, 7) is 0. The summed E-state index contributed by atoms with van der Waals surface area (Å²) in [5.74, 6) is 1.63. The molecule has 0 bridgehead atoms. The molecule has 0 saturated carbocycles. The number of benzene rings is 1. The lowest BCUT2D eigenvalue weighted by molar-refractivity contribution is -0.117. The van der Waals surface area contributed by atoms with Gasteiger partial charge >= 0.3 is 0 Å². The van der Waals surface area contributed by atoms with Gasteiger partial charge in [-0.1, -0.05) is 6.07 Å². The Morgan fingerprint density at radius 3 is 2.78 bits per heavy atom. The molecular weight excluding hydrogens is 298 g/mol. The third-order valence-corrected chi connectivity index (χ3v) is 3.77. The number of ether oxygens (including phenoxy) is 2. The van der Waals surface area contributed by atoms with Crippen LogP contribution in [0.15, 0.2) is 30.6 Å². The first-order chi connectivity index (χ1) is 11.2. The first kappa shape index (κ1) is 15.3. The van der Waals surface area contributed by atoms with E-state index >= 15 is 0 Å². The number of nitrogens with one attached hydrogen (secondary N) is 4. The third kappa shape index (κ3) is 3.27. The predicted molar refractivity (Wildman–Crippen MR) is 84.2 cm³/mol. The Labute approximate surface area is 133 Å². The minimum Gasteiger partial charge on any atom is -0.493 e. The number of carbonyl (C=O) groups is 1. The summed E-state index contributed by atoms with van der Waals surface area (Å²) in [4.78, 5) is 19.0. The quantitative estimate of drug-likeness (QED) is 0.656. The summed E-state index contributed by atoms with van der Waals surface area (Å²) in [6, 6.07) is 5.37. The van der Waals surface area contributed by atoms with Gasteiger partial charge in [-0.2, -0.15) is 0 Å². The number of H-pyrrole nitrogens is 1. The van der Waals surface area contributed by atoms with E-state index < -0.39 is 0 Å². The molecular formula is C15H19N5O3. The molecule has 1 aliphatic heterocycles. The number of anilines is 1. The molecule has 1 amide bonds. The second kappa shape index (κ2) is 6.67.